The second-order valence-electron chi connectivity index (χ2n) is 7.78. The molecule has 0 spiro atoms. The third-order valence-corrected chi connectivity index (χ3v) is 7.38. The number of halogens is 1. The molecule has 0 aromatic heterocycles. The molecule has 33 heavy (non-hydrogen) atoms. The van der Waals surface area contributed by atoms with Crippen molar-refractivity contribution in [3.8, 4) is 0 Å². The summed E-state index contributed by atoms with van der Waals surface area (Å²) in [7, 11) is -3.99. The lowest BCUT2D eigenvalue weighted by atomic mass is 10.1. The highest BCUT2D eigenvalue weighted by Gasteiger charge is 2.28. The van der Waals surface area contributed by atoms with E-state index in [0.717, 1.165) is 26.6 Å². The molecular formula is C25H26ClN3O3S. The summed E-state index contributed by atoms with van der Waals surface area (Å²) < 4.78 is 28.2. The van der Waals surface area contributed by atoms with Crippen molar-refractivity contribution in [1.82, 2.24) is 5.43 Å². The van der Waals surface area contributed by atoms with Crippen LogP contribution in [-0.2, 0) is 14.8 Å². The predicted molar refractivity (Wildman–Crippen MR) is 133 cm³/mol. The van der Waals surface area contributed by atoms with Gasteiger partial charge in [-0.05, 0) is 74.7 Å². The van der Waals surface area contributed by atoms with Gasteiger partial charge in [-0.25, -0.2) is 13.8 Å². The standard InChI is InChI=1S/C25H26ClN3O3S/c1-17-8-14-23(15-9-17)33(31,32)29(24-7-5-6-18(2)19(24)3)16-25(30)28-27-20(4)21-10-12-22(26)13-11-21/h5-15H,16H2,1-4H3,(H,28,30)/b27-20-. The lowest BCUT2D eigenvalue weighted by Gasteiger charge is -2.26. The van der Waals surface area contributed by atoms with Crippen molar-refractivity contribution < 1.29 is 13.2 Å². The van der Waals surface area contributed by atoms with E-state index in [1.807, 2.05) is 26.8 Å². The summed E-state index contributed by atoms with van der Waals surface area (Å²) in [6.45, 7) is 6.94. The quantitative estimate of drug-likeness (QED) is 0.379. The number of carbonyl (C=O) groups is 1. The molecule has 172 valence electrons. The zero-order valence-corrected chi connectivity index (χ0v) is 20.5. The fourth-order valence-corrected chi connectivity index (χ4v) is 4.81. The number of aryl methyl sites for hydroxylation is 2. The molecule has 0 aliphatic rings. The van der Waals surface area contributed by atoms with Crippen LogP contribution in [0.2, 0.25) is 5.02 Å². The van der Waals surface area contributed by atoms with Gasteiger partial charge in [0, 0.05) is 5.02 Å². The zero-order valence-electron chi connectivity index (χ0n) is 19.0. The van der Waals surface area contributed by atoms with E-state index in [0.29, 0.717) is 16.4 Å². The van der Waals surface area contributed by atoms with Crippen LogP contribution in [0.15, 0.2) is 76.7 Å². The van der Waals surface area contributed by atoms with Gasteiger partial charge >= 0.3 is 0 Å². The number of anilines is 1. The zero-order chi connectivity index (χ0) is 24.2. The maximum atomic E-state index is 13.5. The normalized spacial score (nSPS) is 11.8. The number of hydrogen-bond acceptors (Lipinski definition) is 4. The van der Waals surface area contributed by atoms with E-state index in [9.17, 15) is 13.2 Å². The number of rotatable bonds is 7. The van der Waals surface area contributed by atoms with Crippen LogP contribution in [0.3, 0.4) is 0 Å². The molecule has 0 aliphatic heterocycles. The Balaban J connectivity index is 1.92. The Hall–Kier alpha value is -3.16. The van der Waals surface area contributed by atoms with Gasteiger partial charge in [0.2, 0.25) is 0 Å². The molecule has 3 aromatic rings. The molecule has 0 unspecified atom stereocenters. The van der Waals surface area contributed by atoms with Crippen LogP contribution in [0, 0.1) is 20.8 Å². The number of nitrogens with one attached hydrogen (secondary N) is 1. The summed E-state index contributed by atoms with van der Waals surface area (Å²) in [5, 5.41) is 4.73. The number of hydrazone groups is 1. The van der Waals surface area contributed by atoms with E-state index in [1.54, 1.807) is 67.6 Å². The van der Waals surface area contributed by atoms with Gasteiger partial charge in [0.25, 0.3) is 15.9 Å². The second kappa shape index (κ2) is 10.2. The van der Waals surface area contributed by atoms with Crippen molar-refractivity contribution in [2.24, 2.45) is 5.10 Å². The largest absolute Gasteiger partial charge is 0.271 e. The van der Waals surface area contributed by atoms with E-state index in [4.69, 9.17) is 11.6 Å². The molecule has 0 fully saturated rings. The monoisotopic (exact) mass is 483 g/mol. The van der Waals surface area contributed by atoms with Gasteiger partial charge in [-0.2, -0.15) is 5.10 Å². The van der Waals surface area contributed by atoms with Crippen molar-refractivity contribution in [1.29, 1.82) is 0 Å². The number of amides is 1. The van der Waals surface area contributed by atoms with Gasteiger partial charge in [0.05, 0.1) is 16.3 Å². The first kappa shape index (κ1) is 24.5. The minimum absolute atomic E-state index is 0.114. The smallest absolute Gasteiger partial charge is 0.264 e. The molecule has 0 saturated carbocycles. The highest BCUT2D eigenvalue weighted by molar-refractivity contribution is 7.92. The van der Waals surface area contributed by atoms with Crippen molar-refractivity contribution in [2.45, 2.75) is 32.6 Å². The van der Waals surface area contributed by atoms with Gasteiger partial charge in [-0.15, -0.1) is 0 Å². The van der Waals surface area contributed by atoms with Gasteiger partial charge in [-0.3, -0.25) is 9.10 Å². The van der Waals surface area contributed by atoms with Crippen LogP contribution < -0.4 is 9.73 Å². The molecule has 1 amide bonds. The minimum atomic E-state index is -3.99. The first-order chi connectivity index (χ1) is 15.6. The lowest BCUT2D eigenvalue weighted by Crippen LogP contribution is -2.40. The Kier molecular flexibility index (Phi) is 7.56. The third kappa shape index (κ3) is 5.80. The SMILES string of the molecule is C/C(=N/NC(=O)CN(c1cccc(C)c1C)S(=O)(=O)c1ccc(C)cc1)c1ccc(Cl)cc1. The van der Waals surface area contributed by atoms with E-state index in [2.05, 4.69) is 10.5 Å². The molecule has 0 heterocycles. The first-order valence-electron chi connectivity index (χ1n) is 10.3. The molecule has 0 bridgehead atoms. The van der Waals surface area contributed by atoms with Gasteiger partial charge < -0.3 is 0 Å². The van der Waals surface area contributed by atoms with Crippen LogP contribution >= 0.6 is 11.6 Å². The molecule has 0 radical (unpaired) electrons. The summed E-state index contributed by atoms with van der Waals surface area (Å²) in [6, 6.07) is 19.0. The Labute approximate surface area is 200 Å². The van der Waals surface area contributed by atoms with Crippen molar-refractivity contribution >= 4 is 38.9 Å². The summed E-state index contributed by atoms with van der Waals surface area (Å²) in [5.41, 5.74) is 6.93. The van der Waals surface area contributed by atoms with E-state index < -0.39 is 22.5 Å². The summed E-state index contributed by atoms with van der Waals surface area (Å²) in [5.74, 6) is -0.556. The van der Waals surface area contributed by atoms with Gasteiger partial charge in [0.1, 0.15) is 6.54 Å². The maximum Gasteiger partial charge on any atom is 0.264 e. The Morgan fingerprint density at radius 2 is 1.61 bits per heavy atom. The van der Waals surface area contributed by atoms with Crippen LogP contribution in [0.25, 0.3) is 0 Å². The number of sulfonamides is 1. The fraction of sp³-hybridized carbons (Fsp3) is 0.200. The number of benzene rings is 3. The van der Waals surface area contributed by atoms with Crippen LogP contribution in [-0.4, -0.2) is 26.6 Å². The topological polar surface area (TPSA) is 78.8 Å². The first-order valence-corrected chi connectivity index (χ1v) is 12.2. The molecule has 3 aromatic carbocycles. The van der Waals surface area contributed by atoms with Crippen LogP contribution in [0.1, 0.15) is 29.2 Å². The molecule has 0 saturated heterocycles. The molecule has 6 nitrogen and oxygen atoms in total. The Bertz CT molecular complexity index is 1290. The number of hydrogen-bond donors (Lipinski definition) is 1. The molecule has 8 heteroatoms. The Morgan fingerprint density at radius 3 is 2.24 bits per heavy atom. The molecular weight excluding hydrogens is 458 g/mol. The van der Waals surface area contributed by atoms with E-state index in [1.165, 1.54) is 0 Å². The molecule has 3 rings (SSSR count). The van der Waals surface area contributed by atoms with E-state index >= 15 is 0 Å². The Morgan fingerprint density at radius 1 is 0.970 bits per heavy atom. The predicted octanol–water partition coefficient (Wildman–Crippen LogP) is 5.00. The number of nitrogens with zero attached hydrogens (tertiary/aromatic N) is 2. The second-order valence-corrected chi connectivity index (χ2v) is 10.1. The average Bonchev–Trinajstić information content (AvgIpc) is 2.78. The summed E-state index contributed by atoms with van der Waals surface area (Å²) >= 11 is 5.91. The minimum Gasteiger partial charge on any atom is -0.271 e. The molecule has 0 aliphatic carbocycles. The van der Waals surface area contributed by atoms with Crippen molar-refractivity contribution in [3.05, 3.63) is 94.0 Å². The van der Waals surface area contributed by atoms with Crippen LogP contribution in [0.4, 0.5) is 5.69 Å². The van der Waals surface area contributed by atoms with Crippen LogP contribution in [0.5, 0.6) is 0 Å². The van der Waals surface area contributed by atoms with Gasteiger partial charge in [-0.1, -0.05) is 53.6 Å². The molecule has 1 N–H and O–H groups in total. The third-order valence-electron chi connectivity index (χ3n) is 5.35. The highest BCUT2D eigenvalue weighted by atomic mass is 35.5. The molecule has 0 atom stereocenters. The maximum absolute atomic E-state index is 13.5. The van der Waals surface area contributed by atoms with Gasteiger partial charge in [0.15, 0.2) is 0 Å². The summed E-state index contributed by atoms with van der Waals surface area (Å²) in [4.78, 5) is 12.9. The van der Waals surface area contributed by atoms with Crippen molar-refractivity contribution in [2.75, 3.05) is 10.8 Å². The summed E-state index contributed by atoms with van der Waals surface area (Å²) in [6.07, 6.45) is 0. The fourth-order valence-electron chi connectivity index (χ4n) is 3.21. The van der Waals surface area contributed by atoms with Crippen molar-refractivity contribution in [3.63, 3.8) is 0 Å². The lowest BCUT2D eigenvalue weighted by molar-refractivity contribution is -0.119. The average molecular weight is 484 g/mol. The highest BCUT2D eigenvalue weighted by Crippen LogP contribution is 2.28. The van der Waals surface area contributed by atoms with E-state index in [-0.39, 0.29) is 4.90 Å². The number of carbonyl (C=O) groups excluding carboxylic acids is 1.